The minimum absolute atomic E-state index is 0.791. The Labute approximate surface area is 233 Å². The molecular weight excluding hydrogens is 496 g/mol. The first-order valence-corrected chi connectivity index (χ1v) is 13.0. The van der Waals surface area contributed by atoms with Gasteiger partial charge in [0.25, 0.3) is 0 Å². The van der Waals surface area contributed by atoms with Crippen LogP contribution in [-0.4, -0.2) is 14.2 Å². The Morgan fingerprint density at radius 1 is 0.350 bits per heavy atom. The predicted molar refractivity (Wildman–Crippen MR) is 163 cm³/mol. The highest BCUT2D eigenvalue weighted by molar-refractivity contribution is 5.86. The van der Waals surface area contributed by atoms with Crippen molar-refractivity contribution in [3.05, 3.63) is 132 Å². The molecule has 4 nitrogen and oxygen atoms in total. The van der Waals surface area contributed by atoms with E-state index in [0.717, 1.165) is 67.2 Å². The Morgan fingerprint density at radius 3 is 1.00 bits per heavy atom. The van der Waals surface area contributed by atoms with Gasteiger partial charge in [-0.1, -0.05) is 60.7 Å². The zero-order chi connectivity index (χ0) is 27.3. The zero-order valence-electron chi connectivity index (χ0n) is 22.3. The van der Waals surface area contributed by atoms with Crippen molar-refractivity contribution in [3.63, 3.8) is 0 Å². The Hall–Kier alpha value is -5.22. The number of benzene rings is 6. The van der Waals surface area contributed by atoms with Crippen molar-refractivity contribution in [2.75, 3.05) is 14.2 Å². The molecule has 0 aromatic heterocycles. The summed E-state index contributed by atoms with van der Waals surface area (Å²) in [5, 5.41) is 4.43. The molecule has 0 unspecified atom stereocenters. The van der Waals surface area contributed by atoms with E-state index in [1.165, 1.54) is 0 Å². The van der Waals surface area contributed by atoms with Gasteiger partial charge in [0.15, 0.2) is 0 Å². The normalized spacial score (nSPS) is 11.2. The van der Waals surface area contributed by atoms with E-state index < -0.39 is 0 Å². The molecule has 0 fully saturated rings. The van der Waals surface area contributed by atoms with Crippen LogP contribution in [0, 0.1) is 0 Å². The number of rotatable bonds is 8. The fourth-order valence-corrected chi connectivity index (χ4v) is 4.54. The smallest absolute Gasteiger partial charge is 0.128 e. The molecule has 196 valence electrons. The molecule has 0 spiro atoms. The van der Waals surface area contributed by atoms with Gasteiger partial charge in [0.05, 0.1) is 14.2 Å². The lowest BCUT2D eigenvalue weighted by Gasteiger charge is -2.08. The molecule has 0 saturated carbocycles. The van der Waals surface area contributed by atoms with Crippen molar-refractivity contribution in [2.24, 2.45) is 0 Å². The lowest BCUT2D eigenvalue weighted by molar-refractivity contribution is 0.415. The van der Waals surface area contributed by atoms with E-state index in [2.05, 4.69) is 12.2 Å². The van der Waals surface area contributed by atoms with Gasteiger partial charge < -0.3 is 18.9 Å². The van der Waals surface area contributed by atoms with E-state index in [1.807, 2.05) is 121 Å². The van der Waals surface area contributed by atoms with Crippen LogP contribution in [0.4, 0.5) is 0 Å². The lowest BCUT2D eigenvalue weighted by atomic mass is 10.1. The van der Waals surface area contributed by atoms with Gasteiger partial charge in [0.2, 0.25) is 0 Å². The van der Waals surface area contributed by atoms with Crippen molar-refractivity contribution < 1.29 is 18.9 Å². The summed E-state index contributed by atoms with van der Waals surface area (Å²) in [6, 6.07) is 40.2. The van der Waals surface area contributed by atoms with Gasteiger partial charge >= 0.3 is 0 Å². The number of ether oxygens (including phenoxy) is 4. The lowest BCUT2D eigenvalue weighted by Crippen LogP contribution is -1.86. The van der Waals surface area contributed by atoms with Crippen molar-refractivity contribution in [2.45, 2.75) is 0 Å². The molecule has 0 bridgehead atoms. The van der Waals surface area contributed by atoms with Gasteiger partial charge in [0, 0.05) is 0 Å². The monoisotopic (exact) mass is 524 g/mol. The molecular formula is C36H28O4. The highest BCUT2D eigenvalue weighted by Gasteiger charge is 2.03. The zero-order valence-corrected chi connectivity index (χ0v) is 22.3. The molecule has 0 saturated heterocycles. The Morgan fingerprint density at radius 2 is 0.650 bits per heavy atom. The van der Waals surface area contributed by atoms with Crippen molar-refractivity contribution in [1.82, 2.24) is 0 Å². The minimum atomic E-state index is 0.791. The van der Waals surface area contributed by atoms with Crippen LogP contribution in [0.25, 0.3) is 33.7 Å². The van der Waals surface area contributed by atoms with Crippen LogP contribution in [0.15, 0.2) is 121 Å². The van der Waals surface area contributed by atoms with E-state index in [1.54, 1.807) is 14.2 Å². The molecule has 0 heterocycles. The first kappa shape index (κ1) is 25.1. The standard InChI is InChI=1S/C36H28O4/c1-37-33-17-9-29-23-35(19-11-27(29)21-33)39-31-13-5-25(6-14-31)3-4-26-7-15-32(16-8-26)40-36-20-12-28-22-34(38-2)18-10-30(28)24-36/h3-24H,1-2H3/b4-3+. The highest BCUT2D eigenvalue weighted by Crippen LogP contribution is 2.30. The molecule has 0 aliphatic rings. The van der Waals surface area contributed by atoms with Crippen molar-refractivity contribution in [3.8, 4) is 34.5 Å². The van der Waals surface area contributed by atoms with Crippen LogP contribution >= 0.6 is 0 Å². The van der Waals surface area contributed by atoms with Gasteiger partial charge in [-0.25, -0.2) is 0 Å². The number of methoxy groups -OCH3 is 2. The maximum Gasteiger partial charge on any atom is 0.128 e. The molecule has 6 aromatic rings. The number of hydrogen-bond donors (Lipinski definition) is 0. The fourth-order valence-electron chi connectivity index (χ4n) is 4.54. The third-order valence-electron chi connectivity index (χ3n) is 6.74. The largest absolute Gasteiger partial charge is 0.497 e. The Balaban J connectivity index is 1.07. The summed E-state index contributed by atoms with van der Waals surface area (Å²) in [6.07, 6.45) is 4.17. The van der Waals surface area contributed by atoms with Gasteiger partial charge in [-0.15, -0.1) is 0 Å². The van der Waals surface area contributed by atoms with Crippen LogP contribution in [0.5, 0.6) is 34.5 Å². The SMILES string of the molecule is COc1ccc2cc(Oc3ccc(/C=C/c4ccc(Oc5ccc6cc(OC)ccc6c5)cc4)cc3)ccc2c1. The van der Waals surface area contributed by atoms with E-state index >= 15 is 0 Å². The molecule has 6 rings (SSSR count). The number of hydrogen-bond acceptors (Lipinski definition) is 4. The summed E-state index contributed by atoms with van der Waals surface area (Å²) in [5.74, 6) is 4.87. The molecule has 0 aliphatic heterocycles. The predicted octanol–water partition coefficient (Wildman–Crippen LogP) is 9.77. The van der Waals surface area contributed by atoms with Gasteiger partial charge in [0.1, 0.15) is 34.5 Å². The maximum absolute atomic E-state index is 6.08. The van der Waals surface area contributed by atoms with Crippen LogP contribution in [0.1, 0.15) is 11.1 Å². The second-order valence-corrected chi connectivity index (χ2v) is 9.43. The summed E-state index contributed by atoms with van der Waals surface area (Å²) in [6.45, 7) is 0. The third-order valence-corrected chi connectivity index (χ3v) is 6.74. The first-order valence-electron chi connectivity index (χ1n) is 13.0. The summed E-state index contributed by atoms with van der Waals surface area (Å²) in [4.78, 5) is 0. The summed E-state index contributed by atoms with van der Waals surface area (Å²) >= 11 is 0. The van der Waals surface area contributed by atoms with Crippen LogP contribution in [0.3, 0.4) is 0 Å². The highest BCUT2D eigenvalue weighted by atomic mass is 16.5. The first-order chi connectivity index (χ1) is 19.6. The number of fused-ring (bicyclic) bond motifs is 2. The second-order valence-electron chi connectivity index (χ2n) is 9.43. The molecule has 0 N–H and O–H groups in total. The Kier molecular flexibility index (Phi) is 7.06. The van der Waals surface area contributed by atoms with Crippen molar-refractivity contribution >= 4 is 33.7 Å². The average molecular weight is 525 g/mol. The van der Waals surface area contributed by atoms with E-state index in [-0.39, 0.29) is 0 Å². The molecule has 0 radical (unpaired) electrons. The van der Waals surface area contributed by atoms with Crippen LogP contribution < -0.4 is 18.9 Å². The fraction of sp³-hybridized carbons (Fsp3) is 0.0556. The molecule has 0 amide bonds. The van der Waals surface area contributed by atoms with E-state index in [9.17, 15) is 0 Å². The van der Waals surface area contributed by atoms with Crippen LogP contribution in [0.2, 0.25) is 0 Å². The van der Waals surface area contributed by atoms with Gasteiger partial charge in [-0.3, -0.25) is 0 Å². The van der Waals surface area contributed by atoms with Gasteiger partial charge in [-0.2, -0.15) is 0 Å². The third kappa shape index (κ3) is 5.77. The summed E-state index contributed by atoms with van der Waals surface area (Å²) in [5.41, 5.74) is 2.18. The summed E-state index contributed by atoms with van der Waals surface area (Å²) in [7, 11) is 3.35. The van der Waals surface area contributed by atoms with E-state index in [0.29, 0.717) is 0 Å². The minimum Gasteiger partial charge on any atom is -0.497 e. The second kappa shape index (κ2) is 11.3. The maximum atomic E-state index is 6.08. The topological polar surface area (TPSA) is 36.9 Å². The quantitative estimate of drug-likeness (QED) is 0.186. The Bertz CT molecular complexity index is 1670. The summed E-state index contributed by atoms with van der Waals surface area (Å²) < 4.78 is 22.8. The van der Waals surface area contributed by atoms with Crippen LogP contribution in [-0.2, 0) is 0 Å². The molecule has 4 heteroatoms. The molecule has 40 heavy (non-hydrogen) atoms. The molecule has 0 atom stereocenters. The average Bonchev–Trinajstić information content (AvgIpc) is 3.01. The van der Waals surface area contributed by atoms with E-state index in [4.69, 9.17) is 18.9 Å². The molecule has 0 aliphatic carbocycles. The van der Waals surface area contributed by atoms with Gasteiger partial charge in [-0.05, 0) is 105 Å². The van der Waals surface area contributed by atoms with Crippen molar-refractivity contribution in [1.29, 1.82) is 0 Å². The molecule has 6 aromatic carbocycles.